The largest absolute Gasteiger partial charge is 0.441 e. The van der Waals surface area contributed by atoms with Gasteiger partial charge in [0.15, 0.2) is 11.7 Å². The molecule has 2 saturated heterocycles. The van der Waals surface area contributed by atoms with Crippen molar-refractivity contribution in [3.63, 3.8) is 0 Å². The highest BCUT2D eigenvalue weighted by molar-refractivity contribution is 5.94. The summed E-state index contributed by atoms with van der Waals surface area (Å²) in [5, 5.41) is 6.64. The number of ketones is 1. The number of carbonyl (C=O) groups excluding carboxylic acids is 2. The van der Waals surface area contributed by atoms with Crippen molar-refractivity contribution in [2.45, 2.75) is 44.3 Å². The van der Waals surface area contributed by atoms with Crippen molar-refractivity contribution in [2.75, 3.05) is 0 Å². The van der Waals surface area contributed by atoms with Crippen LogP contribution in [0.2, 0.25) is 0 Å². The third-order valence-corrected chi connectivity index (χ3v) is 5.00. The van der Waals surface area contributed by atoms with E-state index in [1.165, 1.54) is 13.3 Å². The Morgan fingerprint density at radius 3 is 2.52 bits per heavy atom. The molecule has 3 heterocycles. The van der Waals surface area contributed by atoms with Crippen LogP contribution >= 0.6 is 0 Å². The number of rotatable bonds is 5. The van der Waals surface area contributed by atoms with Gasteiger partial charge in [0.2, 0.25) is 0 Å². The summed E-state index contributed by atoms with van der Waals surface area (Å²) in [5.41, 5.74) is 1.12. The average molecular weight is 339 g/mol. The summed E-state index contributed by atoms with van der Waals surface area (Å²) < 4.78 is 5.67. The number of Topliss-reactive ketones (excluding diaryl/α,β-unsaturated/α-hetero) is 1. The van der Waals surface area contributed by atoms with E-state index in [1.807, 2.05) is 0 Å². The number of aromatic amines is 1. The van der Waals surface area contributed by atoms with Crippen molar-refractivity contribution in [3.05, 3.63) is 47.7 Å². The van der Waals surface area contributed by atoms with Crippen LogP contribution in [0.3, 0.4) is 0 Å². The van der Waals surface area contributed by atoms with Crippen LogP contribution in [0.4, 0.5) is 0 Å². The quantitative estimate of drug-likeness (QED) is 0.731. The van der Waals surface area contributed by atoms with Crippen LogP contribution in [0, 0.1) is 0 Å². The van der Waals surface area contributed by atoms with Gasteiger partial charge in [-0.05, 0) is 49.6 Å². The molecule has 2 bridgehead atoms. The first-order valence-electron chi connectivity index (χ1n) is 8.63. The fourth-order valence-corrected chi connectivity index (χ4v) is 3.68. The fraction of sp³-hybridized carbons (Fsp3) is 0.368. The van der Waals surface area contributed by atoms with Gasteiger partial charge in [-0.2, -0.15) is 0 Å². The van der Waals surface area contributed by atoms with Gasteiger partial charge in [-0.3, -0.25) is 9.59 Å². The lowest BCUT2D eigenvalue weighted by Gasteiger charge is -2.21. The van der Waals surface area contributed by atoms with Crippen LogP contribution in [-0.2, 0) is 0 Å². The zero-order chi connectivity index (χ0) is 17.4. The lowest BCUT2D eigenvalue weighted by atomic mass is 9.95. The Morgan fingerprint density at radius 2 is 1.92 bits per heavy atom. The highest BCUT2D eigenvalue weighted by atomic mass is 16.5. The smallest absolute Gasteiger partial charge is 0.251 e. The molecule has 0 radical (unpaired) electrons. The molecule has 0 saturated carbocycles. The second-order valence-corrected chi connectivity index (χ2v) is 6.78. The number of ether oxygens (including phenoxy) is 1. The number of fused-ring (bicyclic) bond motifs is 2. The van der Waals surface area contributed by atoms with Crippen molar-refractivity contribution in [1.82, 2.24) is 15.6 Å². The fourth-order valence-electron chi connectivity index (χ4n) is 3.68. The molecule has 130 valence electrons. The van der Waals surface area contributed by atoms with E-state index in [0.717, 1.165) is 12.8 Å². The zero-order valence-electron chi connectivity index (χ0n) is 14.0. The highest BCUT2D eigenvalue weighted by Gasteiger charge is 2.39. The third kappa shape index (κ3) is 3.30. The Balaban J connectivity index is 1.37. The van der Waals surface area contributed by atoms with Crippen molar-refractivity contribution in [1.29, 1.82) is 0 Å². The summed E-state index contributed by atoms with van der Waals surface area (Å²) >= 11 is 0. The normalized spacial score (nSPS) is 24.3. The number of nitrogens with one attached hydrogen (secondary N) is 3. The molecule has 0 unspecified atom stereocenters. The van der Waals surface area contributed by atoms with Crippen LogP contribution in [0.5, 0.6) is 11.6 Å². The number of hydrogen-bond donors (Lipinski definition) is 3. The maximum atomic E-state index is 12.4. The van der Waals surface area contributed by atoms with Crippen LogP contribution in [0.25, 0.3) is 0 Å². The van der Waals surface area contributed by atoms with Crippen molar-refractivity contribution < 1.29 is 14.3 Å². The van der Waals surface area contributed by atoms with E-state index < -0.39 is 0 Å². The summed E-state index contributed by atoms with van der Waals surface area (Å²) in [4.78, 5) is 26.6. The molecule has 6 nitrogen and oxygen atoms in total. The molecule has 25 heavy (non-hydrogen) atoms. The Kier molecular flexibility index (Phi) is 4.05. The number of hydrogen-bond acceptors (Lipinski definition) is 4. The number of H-pyrrole nitrogens is 1. The standard InChI is InChI=1S/C19H21N3O3/c1-11(23)15-8-9-18(21-15)25-14-5-2-12(3-6-14)19(24)22-17-10-13-4-7-16(17)20-13/h2-3,5-6,8-9,13,16-17,20-21H,4,7,10H2,1H3,(H,22,24)/t13-,16+,17-/m1/s1. The molecule has 2 aliphatic rings. The number of aromatic nitrogens is 1. The average Bonchev–Trinajstić information content (AvgIpc) is 3.32. The Labute approximate surface area is 146 Å². The number of benzene rings is 1. The van der Waals surface area contributed by atoms with E-state index in [4.69, 9.17) is 4.74 Å². The lowest BCUT2D eigenvalue weighted by molar-refractivity contribution is 0.0930. The molecular formula is C19H21N3O3. The van der Waals surface area contributed by atoms with Gasteiger partial charge >= 0.3 is 0 Å². The van der Waals surface area contributed by atoms with E-state index in [2.05, 4.69) is 15.6 Å². The summed E-state index contributed by atoms with van der Waals surface area (Å²) in [7, 11) is 0. The molecule has 6 heteroatoms. The minimum absolute atomic E-state index is 0.0445. The number of amides is 1. The third-order valence-electron chi connectivity index (χ3n) is 5.00. The molecule has 1 amide bonds. The van der Waals surface area contributed by atoms with Gasteiger partial charge in [-0.1, -0.05) is 0 Å². The van der Waals surface area contributed by atoms with Gasteiger partial charge in [0.05, 0.1) is 5.69 Å². The molecule has 0 spiro atoms. The zero-order valence-corrected chi connectivity index (χ0v) is 14.0. The van der Waals surface area contributed by atoms with Crippen LogP contribution in [0.15, 0.2) is 36.4 Å². The van der Waals surface area contributed by atoms with Gasteiger partial charge < -0.3 is 20.4 Å². The van der Waals surface area contributed by atoms with Crippen LogP contribution < -0.4 is 15.4 Å². The van der Waals surface area contributed by atoms with E-state index in [0.29, 0.717) is 35.0 Å². The van der Waals surface area contributed by atoms with Gasteiger partial charge in [0.1, 0.15) is 5.75 Å². The summed E-state index contributed by atoms with van der Waals surface area (Å²) in [5.74, 6) is 1.01. The predicted octanol–water partition coefficient (Wildman–Crippen LogP) is 2.63. The van der Waals surface area contributed by atoms with E-state index in [1.54, 1.807) is 36.4 Å². The van der Waals surface area contributed by atoms with Gasteiger partial charge in [0, 0.05) is 36.7 Å². The first kappa shape index (κ1) is 15.9. The SMILES string of the molecule is CC(=O)c1ccc(Oc2ccc(C(=O)N[C@@H]3C[C@H]4CC[C@@H]3N4)cc2)[nH]1. The first-order valence-corrected chi connectivity index (χ1v) is 8.63. The monoisotopic (exact) mass is 339 g/mol. The predicted molar refractivity (Wildman–Crippen MR) is 93.1 cm³/mol. The number of carbonyl (C=O) groups is 2. The lowest BCUT2D eigenvalue weighted by Crippen LogP contribution is -2.42. The first-order chi connectivity index (χ1) is 12.1. The van der Waals surface area contributed by atoms with Gasteiger partial charge in [0.25, 0.3) is 5.91 Å². The van der Waals surface area contributed by atoms with Crippen LogP contribution in [-0.4, -0.2) is 34.8 Å². The summed E-state index contributed by atoms with van der Waals surface area (Å²) in [6.07, 6.45) is 3.37. The second kappa shape index (κ2) is 6.37. The topological polar surface area (TPSA) is 83.2 Å². The summed E-state index contributed by atoms with van der Waals surface area (Å²) in [6.45, 7) is 1.49. The second-order valence-electron chi connectivity index (χ2n) is 6.78. The van der Waals surface area contributed by atoms with Gasteiger partial charge in [-0.15, -0.1) is 0 Å². The molecule has 2 fully saturated rings. The Bertz CT molecular complexity index is 797. The molecule has 2 aromatic rings. The van der Waals surface area contributed by atoms with Crippen LogP contribution in [0.1, 0.15) is 47.0 Å². The minimum Gasteiger partial charge on any atom is -0.441 e. The Hall–Kier alpha value is -2.60. The maximum Gasteiger partial charge on any atom is 0.251 e. The van der Waals surface area contributed by atoms with Crippen molar-refractivity contribution >= 4 is 11.7 Å². The van der Waals surface area contributed by atoms with Gasteiger partial charge in [-0.25, -0.2) is 0 Å². The molecule has 1 aromatic carbocycles. The molecule has 3 N–H and O–H groups in total. The minimum atomic E-state index is -0.0513. The van der Waals surface area contributed by atoms with Crippen molar-refractivity contribution in [2.24, 2.45) is 0 Å². The Morgan fingerprint density at radius 1 is 1.12 bits per heavy atom. The molecular weight excluding hydrogens is 318 g/mol. The summed E-state index contributed by atoms with van der Waals surface area (Å²) in [6, 6.07) is 11.6. The maximum absolute atomic E-state index is 12.4. The van der Waals surface area contributed by atoms with E-state index in [9.17, 15) is 9.59 Å². The molecule has 0 aliphatic carbocycles. The molecule has 3 atom stereocenters. The van der Waals surface area contributed by atoms with E-state index >= 15 is 0 Å². The van der Waals surface area contributed by atoms with Crippen molar-refractivity contribution in [3.8, 4) is 11.6 Å². The molecule has 2 aliphatic heterocycles. The van der Waals surface area contributed by atoms with E-state index in [-0.39, 0.29) is 17.7 Å². The highest BCUT2D eigenvalue weighted by Crippen LogP contribution is 2.28. The molecule has 1 aromatic heterocycles. The molecule has 4 rings (SSSR count).